The first-order chi connectivity index (χ1) is 7.72. The standard InChI is InChI=1S/C13H16O3/c1-2-6-12(9-13(14)15)16-10-11-7-4-3-5-8-11/h2-5,7-8,12H,1,6,9-10H2,(H,14,15)/t12-/m0/s1. The molecule has 1 rings (SSSR count). The van der Waals surface area contributed by atoms with Crippen molar-refractivity contribution in [1.29, 1.82) is 0 Å². The van der Waals surface area contributed by atoms with E-state index in [0.717, 1.165) is 5.56 Å². The summed E-state index contributed by atoms with van der Waals surface area (Å²) in [5.41, 5.74) is 1.04. The zero-order valence-electron chi connectivity index (χ0n) is 9.13. The predicted octanol–water partition coefficient (Wildman–Crippen LogP) is 2.62. The Kier molecular flexibility index (Phi) is 5.29. The lowest BCUT2D eigenvalue weighted by Crippen LogP contribution is -2.16. The lowest BCUT2D eigenvalue weighted by molar-refractivity contribution is -0.140. The summed E-state index contributed by atoms with van der Waals surface area (Å²) in [6.07, 6.45) is 1.95. The molecule has 0 saturated carbocycles. The van der Waals surface area contributed by atoms with E-state index in [1.54, 1.807) is 6.08 Å². The second-order valence-corrected chi connectivity index (χ2v) is 3.54. The van der Waals surface area contributed by atoms with Gasteiger partial charge in [0, 0.05) is 0 Å². The molecule has 0 amide bonds. The Morgan fingerprint density at radius 2 is 2.12 bits per heavy atom. The minimum atomic E-state index is -0.847. The summed E-state index contributed by atoms with van der Waals surface area (Å²) in [6.45, 7) is 4.03. The summed E-state index contributed by atoms with van der Waals surface area (Å²) < 4.78 is 5.53. The van der Waals surface area contributed by atoms with Gasteiger partial charge in [-0.1, -0.05) is 36.4 Å². The van der Waals surface area contributed by atoms with Crippen LogP contribution < -0.4 is 0 Å². The fourth-order valence-electron chi connectivity index (χ4n) is 1.38. The Hall–Kier alpha value is -1.61. The van der Waals surface area contributed by atoms with E-state index in [0.29, 0.717) is 13.0 Å². The lowest BCUT2D eigenvalue weighted by Gasteiger charge is -2.14. The van der Waals surface area contributed by atoms with Crippen molar-refractivity contribution in [3.8, 4) is 0 Å². The molecule has 16 heavy (non-hydrogen) atoms. The van der Waals surface area contributed by atoms with E-state index in [-0.39, 0.29) is 12.5 Å². The molecule has 0 aromatic heterocycles. The Morgan fingerprint density at radius 3 is 2.69 bits per heavy atom. The molecule has 0 saturated heterocycles. The lowest BCUT2D eigenvalue weighted by atomic mass is 10.2. The smallest absolute Gasteiger partial charge is 0.305 e. The van der Waals surface area contributed by atoms with E-state index < -0.39 is 5.97 Å². The molecule has 0 aliphatic rings. The van der Waals surface area contributed by atoms with Crippen LogP contribution in [0.4, 0.5) is 0 Å². The van der Waals surface area contributed by atoms with Crippen LogP contribution in [0.2, 0.25) is 0 Å². The summed E-state index contributed by atoms with van der Waals surface area (Å²) in [7, 11) is 0. The highest BCUT2D eigenvalue weighted by atomic mass is 16.5. The molecule has 3 heteroatoms. The van der Waals surface area contributed by atoms with E-state index in [9.17, 15) is 4.79 Å². The van der Waals surface area contributed by atoms with Crippen LogP contribution in [-0.4, -0.2) is 17.2 Å². The van der Waals surface area contributed by atoms with Crippen molar-refractivity contribution in [1.82, 2.24) is 0 Å². The van der Waals surface area contributed by atoms with Crippen molar-refractivity contribution >= 4 is 5.97 Å². The van der Waals surface area contributed by atoms with Crippen LogP contribution in [0.3, 0.4) is 0 Å². The number of aliphatic carboxylic acids is 1. The van der Waals surface area contributed by atoms with Crippen molar-refractivity contribution in [2.75, 3.05) is 0 Å². The first-order valence-electron chi connectivity index (χ1n) is 5.20. The van der Waals surface area contributed by atoms with Crippen molar-refractivity contribution in [3.63, 3.8) is 0 Å². The van der Waals surface area contributed by atoms with Gasteiger partial charge in [0.05, 0.1) is 19.1 Å². The van der Waals surface area contributed by atoms with Crippen LogP contribution in [-0.2, 0) is 16.1 Å². The third-order valence-electron chi connectivity index (χ3n) is 2.16. The fraction of sp³-hybridized carbons (Fsp3) is 0.308. The van der Waals surface area contributed by atoms with Crippen molar-refractivity contribution in [3.05, 3.63) is 48.6 Å². The molecule has 0 radical (unpaired) electrons. The van der Waals surface area contributed by atoms with Crippen molar-refractivity contribution in [2.24, 2.45) is 0 Å². The first-order valence-corrected chi connectivity index (χ1v) is 5.20. The quantitative estimate of drug-likeness (QED) is 0.718. The van der Waals surface area contributed by atoms with Gasteiger partial charge in [0.1, 0.15) is 0 Å². The SMILES string of the molecule is C=CC[C@@H](CC(=O)O)OCc1ccccc1. The Morgan fingerprint density at radius 1 is 1.44 bits per heavy atom. The van der Waals surface area contributed by atoms with Crippen LogP contribution in [0.25, 0.3) is 0 Å². The summed E-state index contributed by atoms with van der Waals surface area (Å²) in [5.74, 6) is -0.847. The second kappa shape index (κ2) is 6.80. The molecule has 1 aromatic rings. The van der Waals surface area contributed by atoms with E-state index in [4.69, 9.17) is 9.84 Å². The zero-order valence-corrected chi connectivity index (χ0v) is 9.13. The van der Waals surface area contributed by atoms with Gasteiger partial charge in [-0.25, -0.2) is 0 Å². The second-order valence-electron chi connectivity index (χ2n) is 3.54. The molecule has 0 fully saturated rings. The molecule has 86 valence electrons. The third kappa shape index (κ3) is 4.75. The number of ether oxygens (including phenoxy) is 1. The van der Waals surface area contributed by atoms with E-state index >= 15 is 0 Å². The minimum Gasteiger partial charge on any atom is -0.481 e. The Bertz CT molecular complexity index is 332. The summed E-state index contributed by atoms with van der Waals surface area (Å²) in [4.78, 5) is 10.6. The van der Waals surface area contributed by atoms with Crippen LogP contribution in [0.1, 0.15) is 18.4 Å². The van der Waals surface area contributed by atoms with Gasteiger partial charge in [-0.2, -0.15) is 0 Å². The molecular formula is C13H16O3. The molecule has 0 heterocycles. The van der Waals surface area contributed by atoms with Crippen LogP contribution in [0.15, 0.2) is 43.0 Å². The van der Waals surface area contributed by atoms with Gasteiger partial charge in [0.25, 0.3) is 0 Å². The maximum absolute atomic E-state index is 10.6. The first kappa shape index (κ1) is 12.5. The van der Waals surface area contributed by atoms with Crippen LogP contribution in [0, 0.1) is 0 Å². The largest absolute Gasteiger partial charge is 0.481 e. The average Bonchev–Trinajstić information content (AvgIpc) is 2.27. The molecule has 0 unspecified atom stereocenters. The highest BCUT2D eigenvalue weighted by Crippen LogP contribution is 2.09. The highest BCUT2D eigenvalue weighted by Gasteiger charge is 2.11. The van der Waals surface area contributed by atoms with Gasteiger partial charge in [-0.3, -0.25) is 4.79 Å². The number of hydrogen-bond donors (Lipinski definition) is 1. The molecule has 3 nitrogen and oxygen atoms in total. The van der Waals surface area contributed by atoms with Gasteiger partial charge in [-0.15, -0.1) is 6.58 Å². The maximum Gasteiger partial charge on any atom is 0.305 e. The number of rotatable bonds is 7. The normalized spacial score (nSPS) is 12.0. The predicted molar refractivity (Wildman–Crippen MR) is 62.1 cm³/mol. The molecule has 0 aliphatic heterocycles. The molecule has 1 N–H and O–H groups in total. The molecule has 1 aromatic carbocycles. The molecule has 0 bridgehead atoms. The summed E-state index contributed by atoms with van der Waals surface area (Å²) in [5, 5.41) is 8.69. The van der Waals surface area contributed by atoms with E-state index in [1.807, 2.05) is 30.3 Å². The number of carboxylic acid groups (broad SMARTS) is 1. The topological polar surface area (TPSA) is 46.5 Å². The maximum atomic E-state index is 10.6. The Labute approximate surface area is 95.4 Å². The molecule has 1 atom stereocenters. The van der Waals surface area contributed by atoms with Crippen molar-refractivity contribution in [2.45, 2.75) is 25.6 Å². The fourth-order valence-corrected chi connectivity index (χ4v) is 1.38. The number of carboxylic acids is 1. The van der Waals surface area contributed by atoms with Gasteiger partial charge < -0.3 is 9.84 Å². The van der Waals surface area contributed by atoms with Crippen molar-refractivity contribution < 1.29 is 14.6 Å². The third-order valence-corrected chi connectivity index (χ3v) is 2.16. The van der Waals surface area contributed by atoms with Gasteiger partial charge in [-0.05, 0) is 12.0 Å². The molecular weight excluding hydrogens is 204 g/mol. The minimum absolute atomic E-state index is 0.0128. The highest BCUT2D eigenvalue weighted by molar-refractivity contribution is 5.67. The van der Waals surface area contributed by atoms with Crippen LogP contribution >= 0.6 is 0 Å². The van der Waals surface area contributed by atoms with Gasteiger partial charge in [0.2, 0.25) is 0 Å². The Balaban J connectivity index is 2.43. The van der Waals surface area contributed by atoms with Gasteiger partial charge in [0.15, 0.2) is 0 Å². The monoisotopic (exact) mass is 220 g/mol. The number of hydrogen-bond acceptors (Lipinski definition) is 2. The number of benzene rings is 1. The van der Waals surface area contributed by atoms with Gasteiger partial charge >= 0.3 is 5.97 Å². The van der Waals surface area contributed by atoms with E-state index in [1.165, 1.54) is 0 Å². The average molecular weight is 220 g/mol. The summed E-state index contributed by atoms with van der Waals surface area (Å²) >= 11 is 0. The van der Waals surface area contributed by atoms with E-state index in [2.05, 4.69) is 6.58 Å². The van der Waals surface area contributed by atoms with Crippen LogP contribution in [0.5, 0.6) is 0 Å². The zero-order chi connectivity index (χ0) is 11.8. The molecule has 0 spiro atoms. The molecule has 0 aliphatic carbocycles. The number of carbonyl (C=O) groups is 1. The summed E-state index contributed by atoms with van der Waals surface area (Å²) in [6, 6.07) is 9.69.